The highest BCUT2D eigenvalue weighted by Crippen LogP contribution is 2.25. The van der Waals surface area contributed by atoms with Crippen molar-refractivity contribution in [2.45, 2.75) is 26.4 Å². The Balaban J connectivity index is 1.67. The normalized spacial score (nSPS) is 14.7. The molecule has 0 aliphatic carbocycles. The van der Waals surface area contributed by atoms with Crippen LogP contribution in [-0.4, -0.2) is 18.1 Å². The minimum atomic E-state index is 0.712. The molecule has 0 saturated heterocycles. The first-order valence-electron chi connectivity index (χ1n) is 7.56. The Morgan fingerprint density at radius 2 is 1.95 bits per heavy atom. The average molecular weight is 282 g/mol. The molecule has 0 saturated carbocycles. The molecule has 1 aliphatic rings. The molecule has 3 heteroatoms. The van der Waals surface area contributed by atoms with Gasteiger partial charge in [-0.2, -0.15) is 0 Å². The molecule has 0 atom stereocenters. The third-order valence-corrected chi connectivity index (χ3v) is 4.02. The molecule has 2 aromatic carbocycles. The summed E-state index contributed by atoms with van der Waals surface area (Å²) in [5.74, 6) is 0.943. The van der Waals surface area contributed by atoms with Gasteiger partial charge >= 0.3 is 0 Å². The predicted octanol–water partition coefficient (Wildman–Crippen LogP) is 3.23. The quantitative estimate of drug-likeness (QED) is 0.875. The monoisotopic (exact) mass is 282 g/mol. The highest BCUT2D eigenvalue weighted by molar-refractivity contribution is 5.51. The Hall–Kier alpha value is -2.00. The Morgan fingerprint density at radius 3 is 2.71 bits per heavy atom. The van der Waals surface area contributed by atoms with E-state index in [1.807, 2.05) is 13.0 Å². The summed E-state index contributed by atoms with van der Waals surface area (Å²) in [7, 11) is 0. The molecule has 0 aromatic heterocycles. The molecule has 1 aliphatic heterocycles. The lowest BCUT2D eigenvalue weighted by Crippen LogP contribution is -2.30. The first-order valence-corrected chi connectivity index (χ1v) is 7.56. The largest absolute Gasteiger partial charge is 0.494 e. The van der Waals surface area contributed by atoms with Crippen molar-refractivity contribution in [2.24, 2.45) is 0 Å². The lowest BCUT2D eigenvalue weighted by Gasteiger charge is -2.29. The number of benzene rings is 2. The molecule has 0 radical (unpaired) electrons. The van der Waals surface area contributed by atoms with E-state index in [2.05, 4.69) is 41.3 Å². The van der Waals surface area contributed by atoms with Crippen molar-refractivity contribution >= 4 is 5.69 Å². The van der Waals surface area contributed by atoms with E-state index >= 15 is 0 Å². The van der Waals surface area contributed by atoms with E-state index in [0.29, 0.717) is 6.61 Å². The summed E-state index contributed by atoms with van der Waals surface area (Å²) >= 11 is 0. The van der Waals surface area contributed by atoms with Gasteiger partial charge in [0.1, 0.15) is 5.75 Å². The highest BCUT2D eigenvalue weighted by atomic mass is 16.5. The SMILES string of the molecule is CCOc1ccc(CN2CCc3c(N)cccc3C2)cc1. The van der Waals surface area contributed by atoms with Crippen molar-refractivity contribution in [3.05, 3.63) is 59.2 Å². The maximum absolute atomic E-state index is 6.05. The highest BCUT2D eigenvalue weighted by Gasteiger charge is 2.17. The summed E-state index contributed by atoms with van der Waals surface area (Å²) in [5.41, 5.74) is 11.0. The molecule has 0 amide bonds. The van der Waals surface area contributed by atoms with Gasteiger partial charge in [0.05, 0.1) is 6.61 Å². The second-order valence-corrected chi connectivity index (χ2v) is 5.52. The molecule has 0 bridgehead atoms. The van der Waals surface area contributed by atoms with E-state index in [4.69, 9.17) is 10.5 Å². The first-order chi connectivity index (χ1) is 10.3. The van der Waals surface area contributed by atoms with Crippen LogP contribution in [-0.2, 0) is 19.5 Å². The number of ether oxygens (including phenoxy) is 1. The summed E-state index contributed by atoms with van der Waals surface area (Å²) in [6.07, 6.45) is 1.04. The molecule has 3 nitrogen and oxygen atoms in total. The van der Waals surface area contributed by atoms with Crippen LogP contribution in [0.5, 0.6) is 5.75 Å². The minimum absolute atomic E-state index is 0.712. The topological polar surface area (TPSA) is 38.5 Å². The van der Waals surface area contributed by atoms with Gasteiger partial charge in [-0.3, -0.25) is 4.90 Å². The Kier molecular flexibility index (Phi) is 4.11. The van der Waals surface area contributed by atoms with E-state index in [-0.39, 0.29) is 0 Å². The maximum Gasteiger partial charge on any atom is 0.119 e. The van der Waals surface area contributed by atoms with Gasteiger partial charge < -0.3 is 10.5 Å². The van der Waals surface area contributed by atoms with Crippen molar-refractivity contribution in [3.8, 4) is 5.75 Å². The smallest absolute Gasteiger partial charge is 0.119 e. The molecule has 2 aromatic rings. The third kappa shape index (κ3) is 3.19. The number of anilines is 1. The van der Waals surface area contributed by atoms with Gasteiger partial charge in [-0.1, -0.05) is 24.3 Å². The molecule has 0 fully saturated rings. The zero-order valence-corrected chi connectivity index (χ0v) is 12.5. The number of nitrogen functional groups attached to an aromatic ring is 1. The van der Waals surface area contributed by atoms with E-state index < -0.39 is 0 Å². The molecule has 110 valence electrons. The van der Waals surface area contributed by atoms with Crippen LogP contribution in [0.1, 0.15) is 23.6 Å². The maximum atomic E-state index is 6.05. The number of nitrogens with zero attached hydrogens (tertiary/aromatic N) is 1. The fraction of sp³-hybridized carbons (Fsp3) is 0.333. The van der Waals surface area contributed by atoms with Crippen LogP contribution in [0.15, 0.2) is 42.5 Å². The van der Waals surface area contributed by atoms with Gasteiger partial charge in [0.25, 0.3) is 0 Å². The number of hydrogen-bond acceptors (Lipinski definition) is 3. The van der Waals surface area contributed by atoms with Crippen LogP contribution >= 0.6 is 0 Å². The van der Waals surface area contributed by atoms with Gasteiger partial charge in [-0.25, -0.2) is 0 Å². The third-order valence-electron chi connectivity index (χ3n) is 4.02. The van der Waals surface area contributed by atoms with E-state index in [0.717, 1.165) is 37.5 Å². The van der Waals surface area contributed by atoms with E-state index in [1.54, 1.807) is 0 Å². The number of nitrogens with two attached hydrogens (primary N) is 1. The minimum Gasteiger partial charge on any atom is -0.494 e. The molecule has 1 heterocycles. The molecule has 2 N–H and O–H groups in total. The molecule has 0 unspecified atom stereocenters. The van der Waals surface area contributed by atoms with Crippen LogP contribution in [0.25, 0.3) is 0 Å². The summed E-state index contributed by atoms with van der Waals surface area (Å²) in [6.45, 7) is 5.73. The molecule has 21 heavy (non-hydrogen) atoms. The standard InChI is InChI=1S/C18H22N2O/c1-2-21-16-8-6-14(7-9-16)12-20-11-10-17-15(13-20)4-3-5-18(17)19/h3-9H,2,10-13,19H2,1H3. The second kappa shape index (κ2) is 6.19. The number of fused-ring (bicyclic) bond motifs is 1. The van der Waals surface area contributed by atoms with Gasteiger partial charge in [-0.15, -0.1) is 0 Å². The van der Waals surface area contributed by atoms with Crippen molar-refractivity contribution in [2.75, 3.05) is 18.9 Å². The Labute approximate surface area is 126 Å². The molecule has 0 spiro atoms. The number of rotatable bonds is 4. The molecular weight excluding hydrogens is 260 g/mol. The van der Waals surface area contributed by atoms with Gasteiger partial charge in [0, 0.05) is 25.3 Å². The van der Waals surface area contributed by atoms with Gasteiger partial charge in [-0.05, 0) is 48.2 Å². The summed E-state index contributed by atoms with van der Waals surface area (Å²) in [4.78, 5) is 2.47. The molecule has 3 rings (SSSR count). The fourth-order valence-corrected chi connectivity index (χ4v) is 2.95. The van der Waals surface area contributed by atoms with Crippen molar-refractivity contribution in [1.29, 1.82) is 0 Å². The number of hydrogen-bond donors (Lipinski definition) is 1. The van der Waals surface area contributed by atoms with E-state index in [9.17, 15) is 0 Å². The fourth-order valence-electron chi connectivity index (χ4n) is 2.95. The van der Waals surface area contributed by atoms with Crippen LogP contribution in [0.3, 0.4) is 0 Å². The lowest BCUT2D eigenvalue weighted by atomic mass is 9.97. The van der Waals surface area contributed by atoms with Crippen molar-refractivity contribution < 1.29 is 4.74 Å². The Morgan fingerprint density at radius 1 is 1.14 bits per heavy atom. The zero-order chi connectivity index (χ0) is 14.7. The zero-order valence-electron chi connectivity index (χ0n) is 12.5. The van der Waals surface area contributed by atoms with Gasteiger partial charge in [0.2, 0.25) is 0 Å². The van der Waals surface area contributed by atoms with Crippen LogP contribution < -0.4 is 10.5 Å². The van der Waals surface area contributed by atoms with Crippen molar-refractivity contribution in [3.63, 3.8) is 0 Å². The van der Waals surface area contributed by atoms with Crippen LogP contribution in [0.4, 0.5) is 5.69 Å². The van der Waals surface area contributed by atoms with Crippen molar-refractivity contribution in [1.82, 2.24) is 4.90 Å². The Bertz CT molecular complexity index is 607. The second-order valence-electron chi connectivity index (χ2n) is 5.52. The van der Waals surface area contributed by atoms with E-state index in [1.165, 1.54) is 16.7 Å². The summed E-state index contributed by atoms with van der Waals surface area (Å²) in [6, 6.07) is 14.6. The van der Waals surface area contributed by atoms with Gasteiger partial charge in [0.15, 0.2) is 0 Å². The average Bonchev–Trinajstić information content (AvgIpc) is 2.50. The molecular formula is C18H22N2O. The first kappa shape index (κ1) is 14.0. The summed E-state index contributed by atoms with van der Waals surface area (Å²) in [5, 5.41) is 0. The lowest BCUT2D eigenvalue weighted by molar-refractivity contribution is 0.245. The van der Waals surface area contributed by atoms with Crippen LogP contribution in [0, 0.1) is 0 Å². The summed E-state index contributed by atoms with van der Waals surface area (Å²) < 4.78 is 5.48. The van der Waals surface area contributed by atoms with Crippen LogP contribution in [0.2, 0.25) is 0 Å². The predicted molar refractivity (Wildman–Crippen MR) is 86.3 cm³/mol.